The predicted octanol–water partition coefficient (Wildman–Crippen LogP) is 3.85. The molecule has 4 rings (SSSR count). The van der Waals surface area contributed by atoms with Gasteiger partial charge in [0, 0.05) is 29.9 Å². The van der Waals surface area contributed by atoms with Crippen LogP contribution < -0.4 is 15.8 Å². The minimum atomic E-state index is -4.01. The summed E-state index contributed by atoms with van der Waals surface area (Å²) in [6.45, 7) is 2.67. The molecule has 0 spiro atoms. The summed E-state index contributed by atoms with van der Waals surface area (Å²) < 4.78 is 28.9. The van der Waals surface area contributed by atoms with Gasteiger partial charge in [0.25, 0.3) is 10.0 Å². The number of carbonyl (C=O) groups excluding carboxylic acids is 1. The average Bonchev–Trinajstić information content (AvgIpc) is 3.17. The van der Waals surface area contributed by atoms with E-state index in [0.717, 1.165) is 41.5 Å². The standard InChI is InChI=1S/C23H25ClN6O3S/c1-2-3-8-19-28-20-21(17-6-4-5-7-18(17)27-22(20)25)30(19)14-13-26-23(31)29-34(32,33)16-11-9-15(24)10-12-16/h4-7,9-12H,2-3,8,13-14H2,1H3,(H2,25,27)(H2,26,29,31). The van der Waals surface area contributed by atoms with E-state index < -0.39 is 16.1 Å². The molecule has 2 heterocycles. The first kappa shape index (κ1) is 23.8. The van der Waals surface area contributed by atoms with Gasteiger partial charge in [-0.25, -0.2) is 27.9 Å². The van der Waals surface area contributed by atoms with Gasteiger partial charge in [-0.05, 0) is 36.8 Å². The van der Waals surface area contributed by atoms with Gasteiger partial charge < -0.3 is 15.6 Å². The van der Waals surface area contributed by atoms with Crippen molar-refractivity contribution >= 4 is 55.4 Å². The third-order valence-electron chi connectivity index (χ3n) is 5.42. The second-order valence-corrected chi connectivity index (χ2v) is 9.93. The zero-order valence-electron chi connectivity index (χ0n) is 18.6. The summed E-state index contributed by atoms with van der Waals surface area (Å²) >= 11 is 5.80. The van der Waals surface area contributed by atoms with Crippen LogP contribution in [0.2, 0.25) is 5.02 Å². The Morgan fingerprint density at radius 1 is 1.12 bits per heavy atom. The molecule has 9 nitrogen and oxygen atoms in total. The molecule has 2 aromatic carbocycles. The van der Waals surface area contributed by atoms with Crippen LogP contribution in [0.1, 0.15) is 25.6 Å². The number of imidazole rings is 1. The molecule has 0 radical (unpaired) electrons. The molecule has 178 valence electrons. The first-order valence-electron chi connectivity index (χ1n) is 10.9. The van der Waals surface area contributed by atoms with Gasteiger partial charge in [0.05, 0.1) is 15.9 Å². The van der Waals surface area contributed by atoms with Gasteiger partial charge in [0.15, 0.2) is 5.82 Å². The molecule has 2 amide bonds. The Morgan fingerprint density at radius 2 is 1.85 bits per heavy atom. The number of anilines is 1. The number of unbranched alkanes of at least 4 members (excludes halogenated alkanes) is 1. The number of sulfonamides is 1. The Balaban J connectivity index is 1.55. The van der Waals surface area contributed by atoms with Crippen LogP contribution in [0.15, 0.2) is 53.4 Å². The number of hydrogen-bond acceptors (Lipinski definition) is 6. The number of hydrogen-bond donors (Lipinski definition) is 3. The number of para-hydroxylation sites is 1. The molecule has 34 heavy (non-hydrogen) atoms. The third kappa shape index (κ3) is 4.92. The first-order chi connectivity index (χ1) is 16.3. The summed E-state index contributed by atoms with van der Waals surface area (Å²) in [5, 5.41) is 3.93. The summed E-state index contributed by atoms with van der Waals surface area (Å²) in [5.41, 5.74) is 8.44. The Morgan fingerprint density at radius 3 is 2.59 bits per heavy atom. The number of rotatable bonds is 8. The fourth-order valence-electron chi connectivity index (χ4n) is 3.78. The number of nitrogens with zero attached hydrogens (tertiary/aromatic N) is 3. The van der Waals surface area contributed by atoms with E-state index in [2.05, 4.69) is 17.2 Å². The summed E-state index contributed by atoms with van der Waals surface area (Å²) in [6, 6.07) is 12.4. The SMILES string of the molecule is CCCCc1nc2c(N)nc3ccccc3c2n1CCNC(=O)NS(=O)(=O)c1ccc(Cl)cc1. The molecule has 2 aromatic heterocycles. The monoisotopic (exact) mass is 500 g/mol. The highest BCUT2D eigenvalue weighted by molar-refractivity contribution is 7.90. The number of aromatic nitrogens is 3. The van der Waals surface area contributed by atoms with Crippen molar-refractivity contribution in [2.24, 2.45) is 0 Å². The van der Waals surface area contributed by atoms with Crippen LogP contribution in [0.3, 0.4) is 0 Å². The van der Waals surface area contributed by atoms with Gasteiger partial charge in [-0.15, -0.1) is 0 Å². The highest BCUT2D eigenvalue weighted by atomic mass is 35.5. The predicted molar refractivity (Wildman–Crippen MR) is 133 cm³/mol. The summed E-state index contributed by atoms with van der Waals surface area (Å²) in [7, 11) is -4.01. The number of carbonyl (C=O) groups is 1. The smallest absolute Gasteiger partial charge is 0.328 e. The number of nitrogens with two attached hydrogens (primary N) is 1. The molecular weight excluding hydrogens is 476 g/mol. The van der Waals surface area contributed by atoms with Crippen molar-refractivity contribution in [3.8, 4) is 0 Å². The van der Waals surface area contributed by atoms with Crippen LogP contribution in [-0.4, -0.2) is 35.5 Å². The van der Waals surface area contributed by atoms with Gasteiger partial charge in [0.1, 0.15) is 11.3 Å². The number of pyridine rings is 1. The zero-order chi connectivity index (χ0) is 24.3. The molecule has 11 heteroatoms. The van der Waals surface area contributed by atoms with E-state index in [9.17, 15) is 13.2 Å². The number of urea groups is 1. The van der Waals surface area contributed by atoms with Gasteiger partial charge in [0.2, 0.25) is 0 Å². The Labute approximate surface area is 202 Å². The Bertz CT molecular complexity index is 1450. The minimum absolute atomic E-state index is 0.0519. The van der Waals surface area contributed by atoms with Crippen molar-refractivity contribution in [2.45, 2.75) is 37.6 Å². The van der Waals surface area contributed by atoms with Crippen LogP contribution in [0, 0.1) is 0 Å². The molecule has 0 fully saturated rings. The van der Waals surface area contributed by atoms with Gasteiger partial charge >= 0.3 is 6.03 Å². The molecule has 0 saturated heterocycles. The molecule has 0 bridgehead atoms. The van der Waals surface area contributed by atoms with E-state index in [1.54, 1.807) is 0 Å². The molecule has 0 atom stereocenters. The van der Waals surface area contributed by atoms with Crippen molar-refractivity contribution in [1.82, 2.24) is 24.6 Å². The van der Waals surface area contributed by atoms with E-state index in [1.807, 2.05) is 33.6 Å². The lowest BCUT2D eigenvalue weighted by Gasteiger charge is -2.12. The largest absolute Gasteiger partial charge is 0.382 e. The molecular formula is C23H25ClN6O3S. The molecule has 0 aliphatic heterocycles. The fraction of sp³-hybridized carbons (Fsp3) is 0.261. The van der Waals surface area contributed by atoms with Crippen molar-refractivity contribution in [3.63, 3.8) is 0 Å². The number of fused-ring (bicyclic) bond motifs is 3. The topological polar surface area (TPSA) is 132 Å². The highest BCUT2D eigenvalue weighted by Gasteiger charge is 2.19. The van der Waals surface area contributed by atoms with Crippen molar-refractivity contribution in [3.05, 3.63) is 59.4 Å². The normalized spacial score (nSPS) is 11.7. The summed E-state index contributed by atoms with van der Waals surface area (Å²) in [4.78, 5) is 21.5. The van der Waals surface area contributed by atoms with E-state index in [0.29, 0.717) is 22.9 Å². The van der Waals surface area contributed by atoms with Crippen LogP contribution in [0.4, 0.5) is 10.6 Å². The number of nitrogens with one attached hydrogen (secondary N) is 2. The second kappa shape index (κ2) is 9.86. The second-order valence-electron chi connectivity index (χ2n) is 7.81. The van der Waals surface area contributed by atoms with E-state index in [4.69, 9.17) is 22.3 Å². The number of halogens is 1. The van der Waals surface area contributed by atoms with Gasteiger partial charge in [-0.3, -0.25) is 0 Å². The number of aryl methyl sites for hydroxylation is 1. The molecule has 0 unspecified atom stereocenters. The maximum atomic E-state index is 12.4. The fourth-order valence-corrected chi connectivity index (χ4v) is 4.84. The van der Waals surface area contributed by atoms with E-state index in [1.165, 1.54) is 24.3 Å². The summed E-state index contributed by atoms with van der Waals surface area (Å²) in [6.07, 6.45) is 2.69. The quantitative estimate of drug-likeness (QED) is 0.336. The van der Waals surface area contributed by atoms with Crippen LogP contribution >= 0.6 is 11.6 Å². The van der Waals surface area contributed by atoms with Crippen molar-refractivity contribution in [2.75, 3.05) is 12.3 Å². The highest BCUT2D eigenvalue weighted by Crippen LogP contribution is 2.29. The third-order valence-corrected chi connectivity index (χ3v) is 7.01. The first-order valence-corrected chi connectivity index (χ1v) is 12.8. The Kier molecular flexibility index (Phi) is 6.90. The molecule has 0 aliphatic rings. The molecule has 0 aliphatic carbocycles. The van der Waals surface area contributed by atoms with Crippen LogP contribution in [0.25, 0.3) is 21.9 Å². The van der Waals surface area contributed by atoms with E-state index in [-0.39, 0.29) is 11.4 Å². The van der Waals surface area contributed by atoms with Crippen molar-refractivity contribution in [1.29, 1.82) is 0 Å². The zero-order valence-corrected chi connectivity index (χ0v) is 20.2. The average molecular weight is 501 g/mol. The minimum Gasteiger partial charge on any atom is -0.382 e. The molecule has 4 N–H and O–H groups in total. The number of benzene rings is 2. The van der Waals surface area contributed by atoms with Gasteiger partial charge in [-0.1, -0.05) is 43.1 Å². The Hall–Kier alpha value is -3.37. The maximum absolute atomic E-state index is 12.4. The molecule has 0 saturated carbocycles. The summed E-state index contributed by atoms with van der Waals surface area (Å²) in [5.74, 6) is 1.20. The number of amides is 2. The van der Waals surface area contributed by atoms with E-state index >= 15 is 0 Å². The number of nitrogen functional groups attached to an aromatic ring is 1. The lowest BCUT2D eigenvalue weighted by atomic mass is 10.2. The maximum Gasteiger partial charge on any atom is 0.328 e. The molecule has 4 aromatic rings. The van der Waals surface area contributed by atoms with Crippen LogP contribution in [0.5, 0.6) is 0 Å². The van der Waals surface area contributed by atoms with Crippen molar-refractivity contribution < 1.29 is 13.2 Å². The van der Waals surface area contributed by atoms with Gasteiger partial charge in [-0.2, -0.15) is 0 Å². The lowest BCUT2D eigenvalue weighted by Crippen LogP contribution is -2.40. The van der Waals surface area contributed by atoms with Crippen LogP contribution in [-0.2, 0) is 23.0 Å². The lowest BCUT2D eigenvalue weighted by molar-refractivity contribution is 0.245.